The number of anilines is 1. The third kappa shape index (κ3) is 3.38. The van der Waals surface area contributed by atoms with Gasteiger partial charge in [0.25, 0.3) is 0 Å². The van der Waals surface area contributed by atoms with E-state index in [0.717, 1.165) is 6.07 Å². The first-order valence-electron chi connectivity index (χ1n) is 6.00. The molecule has 21 heavy (non-hydrogen) atoms. The number of ether oxygens (including phenoxy) is 1. The first kappa shape index (κ1) is 14.6. The van der Waals surface area contributed by atoms with Crippen LogP contribution in [0.5, 0.6) is 0 Å². The normalized spacial score (nSPS) is 10.2. The molecule has 1 aromatic carbocycles. The molecule has 1 aromatic heterocycles. The number of primary amides is 1. The maximum absolute atomic E-state index is 13.6. The third-order valence-corrected chi connectivity index (χ3v) is 2.78. The zero-order valence-electron chi connectivity index (χ0n) is 11.2. The lowest BCUT2D eigenvalue weighted by molar-refractivity contribution is 0.0600. The Morgan fingerprint density at radius 3 is 2.76 bits per heavy atom. The second kappa shape index (κ2) is 6.08. The van der Waals surface area contributed by atoms with Crippen molar-refractivity contribution in [3.05, 3.63) is 53.2 Å². The Morgan fingerprint density at radius 2 is 2.10 bits per heavy atom. The number of esters is 1. The number of furan rings is 1. The van der Waals surface area contributed by atoms with Crippen LogP contribution in [0.3, 0.4) is 0 Å². The molecule has 0 fully saturated rings. The average molecular weight is 292 g/mol. The molecule has 1 amide bonds. The first-order valence-corrected chi connectivity index (χ1v) is 6.00. The molecule has 0 radical (unpaired) electrons. The van der Waals surface area contributed by atoms with Crippen LogP contribution in [0.1, 0.15) is 26.5 Å². The summed E-state index contributed by atoms with van der Waals surface area (Å²) in [6.07, 6.45) is 1.25. The van der Waals surface area contributed by atoms with Gasteiger partial charge in [0.05, 0.1) is 24.9 Å². The molecule has 2 rings (SSSR count). The van der Waals surface area contributed by atoms with E-state index in [1.54, 1.807) is 0 Å². The highest BCUT2D eigenvalue weighted by atomic mass is 19.1. The number of hydrogen-bond acceptors (Lipinski definition) is 5. The first-order chi connectivity index (χ1) is 10.0. The molecule has 110 valence electrons. The maximum atomic E-state index is 13.6. The molecule has 0 saturated heterocycles. The van der Waals surface area contributed by atoms with Crippen LogP contribution >= 0.6 is 0 Å². The van der Waals surface area contributed by atoms with Gasteiger partial charge in [0.2, 0.25) is 5.91 Å². The van der Waals surface area contributed by atoms with Crippen molar-refractivity contribution in [2.45, 2.75) is 6.54 Å². The predicted octanol–water partition coefficient (Wildman–Crippen LogP) is 1.92. The molecule has 2 aromatic rings. The van der Waals surface area contributed by atoms with Gasteiger partial charge in [-0.25, -0.2) is 9.18 Å². The number of benzene rings is 1. The van der Waals surface area contributed by atoms with Gasteiger partial charge in [0.1, 0.15) is 17.8 Å². The molecule has 0 bridgehead atoms. The predicted molar refractivity (Wildman–Crippen MR) is 72.3 cm³/mol. The molecular weight excluding hydrogens is 279 g/mol. The van der Waals surface area contributed by atoms with Crippen molar-refractivity contribution in [1.82, 2.24) is 0 Å². The van der Waals surface area contributed by atoms with E-state index in [2.05, 4.69) is 10.1 Å². The molecule has 7 heteroatoms. The second-order valence-electron chi connectivity index (χ2n) is 4.21. The van der Waals surface area contributed by atoms with Crippen molar-refractivity contribution in [1.29, 1.82) is 0 Å². The van der Waals surface area contributed by atoms with Gasteiger partial charge in [-0.15, -0.1) is 0 Å². The van der Waals surface area contributed by atoms with Gasteiger partial charge in [-0.2, -0.15) is 0 Å². The summed E-state index contributed by atoms with van der Waals surface area (Å²) in [5, 5.41) is 2.77. The van der Waals surface area contributed by atoms with E-state index in [4.69, 9.17) is 10.2 Å². The van der Waals surface area contributed by atoms with E-state index < -0.39 is 17.7 Å². The fraction of sp³-hybridized carbons (Fsp3) is 0.143. The van der Waals surface area contributed by atoms with E-state index in [-0.39, 0.29) is 23.4 Å². The van der Waals surface area contributed by atoms with Gasteiger partial charge >= 0.3 is 5.97 Å². The smallest absolute Gasteiger partial charge is 0.341 e. The van der Waals surface area contributed by atoms with Crippen molar-refractivity contribution in [2.24, 2.45) is 5.73 Å². The Bertz CT molecular complexity index is 681. The van der Waals surface area contributed by atoms with Crippen LogP contribution < -0.4 is 11.1 Å². The number of hydrogen-bond donors (Lipinski definition) is 2. The van der Waals surface area contributed by atoms with Crippen molar-refractivity contribution < 1.29 is 23.1 Å². The fourth-order valence-electron chi connectivity index (χ4n) is 1.69. The number of amides is 1. The lowest BCUT2D eigenvalue weighted by atomic mass is 10.2. The van der Waals surface area contributed by atoms with Crippen LogP contribution in [0.15, 0.2) is 34.9 Å². The van der Waals surface area contributed by atoms with Crippen molar-refractivity contribution in [2.75, 3.05) is 12.4 Å². The molecule has 0 unspecified atom stereocenters. The Balaban J connectivity index is 2.09. The SMILES string of the molecule is COC(=O)c1coc(CNc2cc(C(N)=O)ccc2F)c1. The highest BCUT2D eigenvalue weighted by Crippen LogP contribution is 2.18. The number of carbonyl (C=O) groups is 2. The maximum Gasteiger partial charge on any atom is 0.341 e. The van der Waals surface area contributed by atoms with Gasteiger partial charge in [0, 0.05) is 5.56 Å². The van der Waals surface area contributed by atoms with Gasteiger partial charge < -0.3 is 20.2 Å². The molecule has 1 heterocycles. The van der Waals surface area contributed by atoms with E-state index in [1.165, 1.54) is 31.6 Å². The number of halogens is 1. The Kier molecular flexibility index (Phi) is 4.22. The number of rotatable bonds is 5. The summed E-state index contributed by atoms with van der Waals surface area (Å²) in [7, 11) is 1.26. The minimum atomic E-state index is -0.649. The van der Waals surface area contributed by atoms with E-state index in [0.29, 0.717) is 5.76 Å². The molecule has 0 spiro atoms. The molecule has 6 nitrogen and oxygen atoms in total. The number of carbonyl (C=O) groups excluding carboxylic acids is 2. The Morgan fingerprint density at radius 1 is 1.33 bits per heavy atom. The lowest BCUT2D eigenvalue weighted by Crippen LogP contribution is -2.12. The summed E-state index contributed by atoms with van der Waals surface area (Å²) in [5.41, 5.74) is 5.70. The minimum absolute atomic E-state index is 0.113. The van der Waals surface area contributed by atoms with Gasteiger partial charge in [-0.05, 0) is 24.3 Å². The summed E-state index contributed by atoms with van der Waals surface area (Å²) >= 11 is 0. The van der Waals surface area contributed by atoms with Crippen LogP contribution in [-0.4, -0.2) is 19.0 Å². The van der Waals surface area contributed by atoms with E-state index in [9.17, 15) is 14.0 Å². The standard InChI is InChI=1S/C14H13FN2O4/c1-20-14(19)9-4-10(21-7-9)6-17-12-5-8(13(16)18)2-3-11(12)15/h2-5,7,17H,6H2,1H3,(H2,16,18). The molecule has 0 atom stereocenters. The fourth-order valence-corrected chi connectivity index (χ4v) is 1.69. The average Bonchev–Trinajstić information content (AvgIpc) is 2.94. The van der Waals surface area contributed by atoms with Crippen LogP contribution in [0, 0.1) is 5.82 Å². The number of methoxy groups -OCH3 is 1. The molecule has 0 aliphatic carbocycles. The van der Waals surface area contributed by atoms with Crippen molar-refractivity contribution >= 4 is 17.6 Å². The summed E-state index contributed by atoms with van der Waals surface area (Å²) in [5.74, 6) is -1.28. The molecule has 0 aliphatic heterocycles. The quantitative estimate of drug-likeness (QED) is 0.821. The lowest BCUT2D eigenvalue weighted by Gasteiger charge is -2.07. The van der Waals surface area contributed by atoms with Crippen LogP contribution in [-0.2, 0) is 11.3 Å². The van der Waals surface area contributed by atoms with Crippen LogP contribution in [0.2, 0.25) is 0 Å². The minimum Gasteiger partial charge on any atom is -0.467 e. The topological polar surface area (TPSA) is 94.6 Å². The Hall–Kier alpha value is -2.83. The van der Waals surface area contributed by atoms with E-state index >= 15 is 0 Å². The third-order valence-electron chi connectivity index (χ3n) is 2.78. The van der Waals surface area contributed by atoms with Crippen LogP contribution in [0.25, 0.3) is 0 Å². The highest BCUT2D eigenvalue weighted by Gasteiger charge is 2.11. The number of nitrogens with one attached hydrogen (secondary N) is 1. The molecule has 0 saturated carbocycles. The summed E-state index contributed by atoms with van der Waals surface area (Å²) in [6, 6.07) is 5.23. The highest BCUT2D eigenvalue weighted by molar-refractivity contribution is 5.93. The zero-order chi connectivity index (χ0) is 15.4. The van der Waals surface area contributed by atoms with Crippen molar-refractivity contribution in [3.8, 4) is 0 Å². The summed E-state index contributed by atoms with van der Waals surface area (Å²) in [6.45, 7) is 0.135. The zero-order valence-corrected chi connectivity index (χ0v) is 11.2. The molecular formula is C14H13FN2O4. The number of nitrogens with two attached hydrogens (primary N) is 1. The largest absolute Gasteiger partial charge is 0.467 e. The van der Waals surface area contributed by atoms with Crippen molar-refractivity contribution in [3.63, 3.8) is 0 Å². The molecule has 3 N–H and O–H groups in total. The van der Waals surface area contributed by atoms with Crippen LogP contribution in [0.4, 0.5) is 10.1 Å². The summed E-state index contributed by atoms with van der Waals surface area (Å²) in [4.78, 5) is 22.3. The van der Waals surface area contributed by atoms with Gasteiger partial charge in [-0.3, -0.25) is 4.79 Å². The Labute approximate surface area is 119 Å². The second-order valence-corrected chi connectivity index (χ2v) is 4.21. The molecule has 0 aliphatic rings. The monoisotopic (exact) mass is 292 g/mol. The summed E-state index contributed by atoms with van der Waals surface area (Å²) < 4.78 is 23.3. The van der Waals surface area contributed by atoms with Gasteiger partial charge in [-0.1, -0.05) is 0 Å². The van der Waals surface area contributed by atoms with E-state index in [1.807, 2.05) is 0 Å². The van der Waals surface area contributed by atoms with Gasteiger partial charge in [0.15, 0.2) is 0 Å².